The van der Waals surface area contributed by atoms with Gasteiger partial charge in [-0.05, 0) is 31.0 Å². The molecule has 3 aromatic heterocycles. The van der Waals surface area contributed by atoms with Crippen LogP contribution in [0.15, 0.2) is 40.4 Å². The van der Waals surface area contributed by atoms with Gasteiger partial charge in [-0.15, -0.1) is 0 Å². The summed E-state index contributed by atoms with van der Waals surface area (Å²) in [6.45, 7) is 5.17. The van der Waals surface area contributed by atoms with Crippen molar-refractivity contribution in [3.8, 4) is 11.4 Å². The van der Waals surface area contributed by atoms with E-state index in [4.69, 9.17) is 19.3 Å². The predicted octanol–water partition coefficient (Wildman–Crippen LogP) is 5.39. The highest BCUT2D eigenvalue weighted by atomic mass is 28.3. The number of rotatable bonds is 14. The molecule has 0 aliphatic heterocycles. The molecule has 0 aliphatic carbocycles. The zero-order valence-corrected chi connectivity index (χ0v) is 28.0. The van der Waals surface area contributed by atoms with E-state index in [0.717, 1.165) is 29.2 Å². The second-order valence-corrected chi connectivity index (χ2v) is 18.1. The van der Waals surface area contributed by atoms with Crippen molar-refractivity contribution in [3.63, 3.8) is 0 Å². The summed E-state index contributed by atoms with van der Waals surface area (Å²) in [6, 6.07) is 1.43. The van der Waals surface area contributed by atoms with Gasteiger partial charge in [-0.3, -0.25) is 14.2 Å². The lowest BCUT2D eigenvalue weighted by molar-refractivity contribution is -0.139. The normalized spacial score (nSPS) is 14.3. The van der Waals surface area contributed by atoms with Gasteiger partial charge >= 0.3 is 12.4 Å². The average Bonchev–Trinajstić information content (AvgIpc) is 3.01. The minimum atomic E-state index is -5.14. The lowest BCUT2D eigenvalue weighted by Crippen LogP contribution is -2.35. The number of nitrogens with two attached hydrogens (primary N) is 1. The largest absolute Gasteiger partial charge is 0.423 e. The summed E-state index contributed by atoms with van der Waals surface area (Å²) in [5.74, 6) is -2.48. The fourth-order valence-electron chi connectivity index (χ4n) is 4.77. The highest BCUT2D eigenvalue weighted by molar-refractivity contribution is 6.76. The molecule has 50 heavy (non-hydrogen) atoms. The Kier molecular flexibility index (Phi) is 10.4. The lowest BCUT2D eigenvalue weighted by Gasteiger charge is -2.22. The molecule has 0 saturated carbocycles. The SMILES string of the molecule is [2H]C([2H])([2H])OC[C@@H](CCCn1cnc2cc(-c3ncc(C(F)(F)F)c(N)n3)c(F)cc2c1=O)Nc1cnn(COCC[Si](C)(C)C)c(=O)c1C(F)(F)F. The Balaban J connectivity index is 1.54. The Labute approximate surface area is 285 Å². The summed E-state index contributed by atoms with van der Waals surface area (Å²) >= 11 is 0. The maximum absolute atomic E-state index is 15.1. The molecule has 3 heterocycles. The third kappa shape index (κ3) is 9.42. The number of halogens is 7. The average molecular weight is 736 g/mol. The summed E-state index contributed by atoms with van der Waals surface area (Å²) in [7, 11) is -4.43. The topological polar surface area (TPSA) is 152 Å². The quantitative estimate of drug-likeness (QED) is 0.0980. The van der Waals surface area contributed by atoms with Crippen molar-refractivity contribution in [2.75, 3.05) is 31.3 Å². The zero-order chi connectivity index (χ0) is 39.5. The van der Waals surface area contributed by atoms with Gasteiger partial charge in [0.1, 0.15) is 29.5 Å². The van der Waals surface area contributed by atoms with Crippen LogP contribution in [-0.2, 0) is 35.1 Å². The first-order chi connectivity index (χ1) is 24.4. The van der Waals surface area contributed by atoms with Gasteiger partial charge in [-0.25, -0.2) is 24.0 Å². The number of hydrogen-bond acceptors (Lipinski definition) is 10. The van der Waals surface area contributed by atoms with Gasteiger partial charge in [-0.2, -0.15) is 31.4 Å². The number of benzene rings is 1. The second-order valence-electron chi connectivity index (χ2n) is 12.5. The van der Waals surface area contributed by atoms with Gasteiger partial charge in [0, 0.05) is 40.5 Å². The Morgan fingerprint density at radius 2 is 1.80 bits per heavy atom. The fourth-order valence-corrected chi connectivity index (χ4v) is 5.53. The number of hydrogen-bond donors (Lipinski definition) is 2. The van der Waals surface area contributed by atoms with E-state index in [-0.39, 0.29) is 42.5 Å². The van der Waals surface area contributed by atoms with E-state index < -0.39 is 92.2 Å². The van der Waals surface area contributed by atoms with Crippen molar-refractivity contribution in [1.29, 1.82) is 0 Å². The molecule has 0 saturated heterocycles. The van der Waals surface area contributed by atoms with Crippen molar-refractivity contribution >= 4 is 30.5 Å². The molecular weight excluding hydrogens is 697 g/mol. The predicted molar refractivity (Wildman–Crippen MR) is 173 cm³/mol. The monoisotopic (exact) mass is 735 g/mol. The molecule has 1 aromatic carbocycles. The van der Waals surface area contributed by atoms with Crippen LogP contribution in [0.1, 0.15) is 28.1 Å². The van der Waals surface area contributed by atoms with Crippen LogP contribution < -0.4 is 22.2 Å². The molecule has 0 fully saturated rings. The number of nitrogen functional groups attached to an aromatic ring is 1. The van der Waals surface area contributed by atoms with Crippen LogP contribution in [0.4, 0.5) is 42.2 Å². The number of fused-ring (bicyclic) bond motifs is 1. The highest BCUT2D eigenvalue weighted by Gasteiger charge is 2.39. The van der Waals surface area contributed by atoms with Crippen LogP contribution in [0.25, 0.3) is 22.3 Å². The van der Waals surface area contributed by atoms with Crippen molar-refractivity contribution < 1.29 is 44.3 Å². The first-order valence-electron chi connectivity index (χ1n) is 16.5. The Morgan fingerprint density at radius 3 is 2.44 bits per heavy atom. The van der Waals surface area contributed by atoms with E-state index in [0.29, 0.717) is 16.9 Å². The molecule has 0 bridgehead atoms. The molecule has 0 radical (unpaired) electrons. The Bertz CT molecular complexity index is 2060. The first-order valence-corrected chi connectivity index (χ1v) is 18.7. The molecule has 12 nitrogen and oxygen atoms in total. The van der Waals surface area contributed by atoms with Gasteiger partial charge in [0.25, 0.3) is 11.1 Å². The van der Waals surface area contributed by atoms with Gasteiger partial charge in [0.05, 0.1) is 45.4 Å². The number of alkyl halides is 6. The summed E-state index contributed by atoms with van der Waals surface area (Å²) in [4.78, 5) is 37.3. The molecule has 0 unspecified atom stereocenters. The van der Waals surface area contributed by atoms with Crippen LogP contribution in [0.2, 0.25) is 25.7 Å². The van der Waals surface area contributed by atoms with E-state index in [1.54, 1.807) is 0 Å². The summed E-state index contributed by atoms with van der Waals surface area (Å²) in [6.07, 6.45) is -7.79. The number of aryl methyl sites for hydroxylation is 1. The maximum atomic E-state index is 15.1. The molecule has 0 aliphatic rings. The van der Waals surface area contributed by atoms with Crippen LogP contribution >= 0.6 is 0 Å². The van der Waals surface area contributed by atoms with Crippen LogP contribution in [-0.4, -0.2) is 63.7 Å². The lowest BCUT2D eigenvalue weighted by atomic mass is 10.1. The number of ether oxygens (including phenoxy) is 2. The van der Waals surface area contributed by atoms with Crippen molar-refractivity contribution in [3.05, 3.63) is 68.5 Å². The van der Waals surface area contributed by atoms with Crippen LogP contribution in [0, 0.1) is 5.82 Å². The molecule has 1 atom stereocenters. The Morgan fingerprint density at radius 1 is 1.06 bits per heavy atom. The minimum Gasteiger partial charge on any atom is -0.383 e. The third-order valence-electron chi connectivity index (χ3n) is 7.41. The summed E-state index contributed by atoms with van der Waals surface area (Å²) < 4.78 is 131. The van der Waals surface area contributed by atoms with Crippen molar-refractivity contribution in [1.82, 2.24) is 29.3 Å². The molecule has 0 amide bonds. The van der Waals surface area contributed by atoms with E-state index >= 15 is 4.39 Å². The van der Waals surface area contributed by atoms with Crippen LogP contribution in [0.5, 0.6) is 0 Å². The molecule has 3 N–H and O–H groups in total. The van der Waals surface area contributed by atoms with Crippen molar-refractivity contribution in [2.45, 2.75) is 70.2 Å². The number of nitrogens with zero attached hydrogens (tertiary/aromatic N) is 6. The standard InChI is InChI=1S/C30H35F7N8O4Si/c1-48-14-17(42-23-13-41-45(16-49-8-9-50(2,3)4)28(47)24(23)30(35,36)37)6-5-7-44-15-40-22-11-18(21(31)10-19(22)27(44)46)26-39-12-20(25(38)43-26)29(32,33)34/h10-13,15,17,42H,5-9,14,16H2,1-4H3,(H2,38,39,43)/t17-/m1/s1/i1D3. The second kappa shape index (κ2) is 15.2. The van der Waals surface area contributed by atoms with Gasteiger partial charge in [0.2, 0.25) is 0 Å². The highest BCUT2D eigenvalue weighted by Crippen LogP contribution is 2.34. The number of anilines is 2. The Hall–Kier alpha value is -4.43. The van der Waals surface area contributed by atoms with Gasteiger partial charge in [-0.1, -0.05) is 19.6 Å². The molecular formula is C30H35F7N8O4Si. The van der Waals surface area contributed by atoms with Crippen LogP contribution in [0.3, 0.4) is 0 Å². The smallest absolute Gasteiger partial charge is 0.383 e. The van der Waals surface area contributed by atoms with Gasteiger partial charge in [0.15, 0.2) is 5.82 Å². The van der Waals surface area contributed by atoms with Crippen molar-refractivity contribution in [2.24, 2.45) is 0 Å². The minimum absolute atomic E-state index is 0.0190. The molecule has 4 rings (SSSR count). The fraction of sp³-hybridized carbons (Fsp3) is 0.467. The zero-order valence-electron chi connectivity index (χ0n) is 30.0. The summed E-state index contributed by atoms with van der Waals surface area (Å²) in [5.41, 5.74) is -0.881. The molecule has 20 heteroatoms. The molecule has 272 valence electrons. The molecule has 4 aromatic rings. The number of nitrogens with one attached hydrogen (secondary N) is 1. The van der Waals surface area contributed by atoms with Gasteiger partial charge < -0.3 is 20.5 Å². The molecule has 0 spiro atoms. The number of aromatic nitrogens is 6. The van der Waals surface area contributed by atoms with E-state index in [1.165, 1.54) is 0 Å². The first kappa shape index (κ1) is 34.0. The van der Waals surface area contributed by atoms with E-state index in [2.05, 4.69) is 45.0 Å². The maximum Gasteiger partial charge on any atom is 0.423 e. The number of methoxy groups -OCH3 is 1. The summed E-state index contributed by atoms with van der Waals surface area (Å²) in [5, 5.41) is 6.09. The third-order valence-corrected chi connectivity index (χ3v) is 9.11. The van der Waals surface area contributed by atoms with E-state index in [1.807, 2.05) is 0 Å². The van der Waals surface area contributed by atoms with E-state index in [9.17, 15) is 35.9 Å².